The predicted octanol–water partition coefficient (Wildman–Crippen LogP) is 2.81. The summed E-state index contributed by atoms with van der Waals surface area (Å²) in [5.41, 5.74) is 3.06. The molecule has 3 heteroatoms. The molecule has 0 unspecified atom stereocenters. The van der Waals surface area contributed by atoms with Crippen molar-refractivity contribution in [3.63, 3.8) is 0 Å². The molecule has 0 amide bonds. The fourth-order valence-corrected chi connectivity index (χ4v) is 5.71. The normalized spacial score (nSPS) is 23.7. The van der Waals surface area contributed by atoms with E-state index in [1.807, 2.05) is 0 Å². The zero-order chi connectivity index (χ0) is 10.1. The second-order valence-corrected chi connectivity index (χ2v) is 7.11. The van der Waals surface area contributed by atoms with E-state index in [0.717, 1.165) is 13.1 Å². The number of benzene rings is 1. The van der Waals surface area contributed by atoms with Crippen molar-refractivity contribution in [1.29, 1.82) is 0 Å². The van der Waals surface area contributed by atoms with Gasteiger partial charge in [-0.25, -0.2) is 0 Å². The standard InChI is InChI=1S/C12H15NS2/c1-2-5-11-10(4-1)8-13-9-12(11)14-6-3-7-15-12/h1-2,4-5,13H,3,6-9H2. The van der Waals surface area contributed by atoms with Crippen molar-refractivity contribution < 1.29 is 0 Å². The molecule has 0 saturated carbocycles. The highest BCUT2D eigenvalue weighted by molar-refractivity contribution is 8.18. The molecule has 2 heterocycles. The van der Waals surface area contributed by atoms with E-state index in [9.17, 15) is 0 Å². The molecule has 2 aliphatic rings. The first-order valence-electron chi connectivity index (χ1n) is 5.48. The Morgan fingerprint density at radius 2 is 1.93 bits per heavy atom. The van der Waals surface area contributed by atoms with Crippen molar-refractivity contribution in [1.82, 2.24) is 5.32 Å². The maximum Gasteiger partial charge on any atom is 0.0987 e. The smallest absolute Gasteiger partial charge is 0.0987 e. The van der Waals surface area contributed by atoms with Gasteiger partial charge in [0.05, 0.1) is 4.08 Å². The summed E-state index contributed by atoms with van der Waals surface area (Å²) in [7, 11) is 0. The molecule has 0 aromatic heterocycles. The number of thioether (sulfide) groups is 2. The van der Waals surface area contributed by atoms with Crippen molar-refractivity contribution in [3.05, 3.63) is 35.4 Å². The maximum absolute atomic E-state index is 3.56. The molecule has 0 bridgehead atoms. The molecule has 1 nitrogen and oxygen atoms in total. The molecule has 0 aliphatic carbocycles. The van der Waals surface area contributed by atoms with Gasteiger partial charge in [0.1, 0.15) is 0 Å². The minimum Gasteiger partial charge on any atom is -0.310 e. The molecule has 1 spiro atoms. The Labute approximate surface area is 99.4 Å². The Morgan fingerprint density at radius 3 is 2.80 bits per heavy atom. The third kappa shape index (κ3) is 1.71. The third-order valence-corrected chi connectivity index (χ3v) is 6.41. The van der Waals surface area contributed by atoms with Crippen LogP contribution in [0.4, 0.5) is 0 Å². The molecule has 80 valence electrons. The number of fused-ring (bicyclic) bond motifs is 2. The monoisotopic (exact) mass is 237 g/mol. The molecule has 1 aromatic carbocycles. The highest BCUT2D eigenvalue weighted by Crippen LogP contribution is 2.51. The van der Waals surface area contributed by atoms with E-state index in [1.165, 1.54) is 23.5 Å². The van der Waals surface area contributed by atoms with Gasteiger partial charge in [-0.3, -0.25) is 0 Å². The molecule has 1 fully saturated rings. The van der Waals surface area contributed by atoms with Gasteiger partial charge in [0.2, 0.25) is 0 Å². The lowest BCUT2D eigenvalue weighted by molar-refractivity contribution is 0.607. The fourth-order valence-electron chi connectivity index (χ4n) is 2.34. The van der Waals surface area contributed by atoms with E-state index in [0.29, 0.717) is 4.08 Å². The van der Waals surface area contributed by atoms with Crippen LogP contribution in [0.5, 0.6) is 0 Å². The predicted molar refractivity (Wildman–Crippen MR) is 69.4 cm³/mol. The van der Waals surface area contributed by atoms with Gasteiger partial charge >= 0.3 is 0 Å². The molecule has 2 aliphatic heterocycles. The minimum atomic E-state index is 0.313. The first kappa shape index (κ1) is 10.1. The molecule has 1 saturated heterocycles. The van der Waals surface area contributed by atoms with Gasteiger partial charge in [-0.2, -0.15) is 0 Å². The first-order chi connectivity index (χ1) is 7.41. The number of hydrogen-bond acceptors (Lipinski definition) is 3. The lowest BCUT2D eigenvalue weighted by atomic mass is 10.0. The topological polar surface area (TPSA) is 12.0 Å². The average molecular weight is 237 g/mol. The lowest BCUT2D eigenvalue weighted by Crippen LogP contribution is -2.40. The Balaban J connectivity index is 2.04. The summed E-state index contributed by atoms with van der Waals surface area (Å²) in [6.45, 7) is 2.17. The van der Waals surface area contributed by atoms with E-state index >= 15 is 0 Å². The Kier molecular flexibility index (Phi) is 2.71. The minimum absolute atomic E-state index is 0.313. The van der Waals surface area contributed by atoms with Crippen LogP contribution in [0.25, 0.3) is 0 Å². The van der Waals surface area contributed by atoms with Crippen LogP contribution < -0.4 is 5.32 Å². The zero-order valence-corrected chi connectivity index (χ0v) is 10.3. The lowest BCUT2D eigenvalue weighted by Gasteiger charge is -2.41. The van der Waals surface area contributed by atoms with Gasteiger partial charge in [0.15, 0.2) is 0 Å². The van der Waals surface area contributed by atoms with Crippen LogP contribution in [0.2, 0.25) is 0 Å². The number of hydrogen-bond donors (Lipinski definition) is 1. The van der Waals surface area contributed by atoms with Crippen molar-refractivity contribution in [3.8, 4) is 0 Å². The van der Waals surface area contributed by atoms with Crippen LogP contribution in [-0.2, 0) is 10.6 Å². The molecule has 3 rings (SSSR count). The van der Waals surface area contributed by atoms with Crippen molar-refractivity contribution in [2.75, 3.05) is 18.1 Å². The fraction of sp³-hybridized carbons (Fsp3) is 0.500. The SMILES string of the molecule is c1ccc2c(c1)CNCC21SCCCS1. The Morgan fingerprint density at radius 1 is 1.13 bits per heavy atom. The first-order valence-corrected chi connectivity index (χ1v) is 7.45. The van der Waals surface area contributed by atoms with Crippen molar-refractivity contribution in [2.24, 2.45) is 0 Å². The third-order valence-electron chi connectivity index (χ3n) is 3.06. The van der Waals surface area contributed by atoms with E-state index in [4.69, 9.17) is 0 Å². The van der Waals surface area contributed by atoms with E-state index < -0.39 is 0 Å². The highest BCUT2D eigenvalue weighted by atomic mass is 32.2. The van der Waals surface area contributed by atoms with Gasteiger partial charge in [-0.15, -0.1) is 23.5 Å². The molecule has 0 radical (unpaired) electrons. The van der Waals surface area contributed by atoms with Gasteiger partial charge in [-0.05, 0) is 29.1 Å². The summed E-state index contributed by atoms with van der Waals surface area (Å²) in [6, 6.07) is 8.92. The summed E-state index contributed by atoms with van der Waals surface area (Å²) in [4.78, 5) is 0. The number of nitrogens with one attached hydrogen (secondary N) is 1. The van der Waals surface area contributed by atoms with Gasteiger partial charge in [-0.1, -0.05) is 24.3 Å². The van der Waals surface area contributed by atoms with Crippen molar-refractivity contribution in [2.45, 2.75) is 17.0 Å². The van der Waals surface area contributed by atoms with Crippen LogP contribution >= 0.6 is 23.5 Å². The number of rotatable bonds is 0. The Bertz CT molecular complexity index is 358. The van der Waals surface area contributed by atoms with Gasteiger partial charge < -0.3 is 5.32 Å². The summed E-state index contributed by atoms with van der Waals surface area (Å²) < 4.78 is 0.313. The van der Waals surface area contributed by atoms with Crippen LogP contribution in [0, 0.1) is 0 Å². The van der Waals surface area contributed by atoms with Gasteiger partial charge in [0, 0.05) is 13.1 Å². The quantitative estimate of drug-likeness (QED) is 0.745. The molecule has 15 heavy (non-hydrogen) atoms. The molecule has 1 aromatic rings. The second-order valence-electron chi connectivity index (χ2n) is 4.06. The van der Waals surface area contributed by atoms with Crippen LogP contribution in [-0.4, -0.2) is 18.1 Å². The summed E-state index contributed by atoms with van der Waals surface area (Å²) >= 11 is 4.26. The molecular formula is C12H15NS2. The zero-order valence-electron chi connectivity index (χ0n) is 8.66. The molecule has 1 N–H and O–H groups in total. The molecule has 0 atom stereocenters. The maximum atomic E-state index is 3.56. The largest absolute Gasteiger partial charge is 0.310 e. The van der Waals surface area contributed by atoms with Crippen LogP contribution in [0.3, 0.4) is 0 Å². The summed E-state index contributed by atoms with van der Waals surface area (Å²) in [5.74, 6) is 2.62. The average Bonchev–Trinajstić information content (AvgIpc) is 2.31. The van der Waals surface area contributed by atoms with E-state index in [-0.39, 0.29) is 0 Å². The van der Waals surface area contributed by atoms with Gasteiger partial charge in [0.25, 0.3) is 0 Å². The van der Waals surface area contributed by atoms with E-state index in [2.05, 4.69) is 53.1 Å². The van der Waals surface area contributed by atoms with Crippen molar-refractivity contribution >= 4 is 23.5 Å². The second kappa shape index (κ2) is 4.04. The van der Waals surface area contributed by atoms with Crippen LogP contribution in [0.15, 0.2) is 24.3 Å². The van der Waals surface area contributed by atoms with Crippen LogP contribution in [0.1, 0.15) is 17.5 Å². The summed E-state index contributed by atoms with van der Waals surface area (Å²) in [5, 5.41) is 3.56. The molecular weight excluding hydrogens is 222 g/mol. The Hall–Kier alpha value is -0.120. The van der Waals surface area contributed by atoms with E-state index in [1.54, 1.807) is 5.56 Å². The highest BCUT2D eigenvalue weighted by Gasteiger charge is 2.38. The summed E-state index contributed by atoms with van der Waals surface area (Å²) in [6.07, 6.45) is 1.36.